The molecule has 16 heavy (non-hydrogen) atoms. The predicted octanol–water partition coefficient (Wildman–Crippen LogP) is 3.23. The number of nitrogens with one attached hydrogen (secondary N) is 1. The first-order valence-corrected chi connectivity index (χ1v) is 6.20. The molecule has 3 unspecified atom stereocenters. The largest absolute Gasteiger partial charge is 0.508 e. The minimum Gasteiger partial charge on any atom is -0.508 e. The van der Waals surface area contributed by atoms with Crippen LogP contribution in [0.5, 0.6) is 5.75 Å². The van der Waals surface area contributed by atoms with Crippen molar-refractivity contribution < 1.29 is 5.11 Å². The van der Waals surface area contributed by atoms with Crippen molar-refractivity contribution in [1.29, 1.82) is 0 Å². The second kappa shape index (κ2) is 4.88. The highest BCUT2D eigenvalue weighted by Gasteiger charge is 2.22. The van der Waals surface area contributed by atoms with Gasteiger partial charge in [0.05, 0.1) is 0 Å². The lowest BCUT2D eigenvalue weighted by Gasteiger charge is -2.20. The van der Waals surface area contributed by atoms with Gasteiger partial charge in [-0.15, -0.1) is 0 Å². The van der Waals surface area contributed by atoms with Gasteiger partial charge >= 0.3 is 0 Å². The Hall–Kier alpha value is -1.02. The fourth-order valence-corrected chi connectivity index (χ4v) is 2.60. The van der Waals surface area contributed by atoms with Crippen molar-refractivity contribution in [1.82, 2.24) is 5.32 Å². The summed E-state index contributed by atoms with van der Waals surface area (Å²) in [6.07, 6.45) is 3.90. The van der Waals surface area contributed by atoms with Crippen molar-refractivity contribution in [2.24, 2.45) is 5.92 Å². The minimum absolute atomic E-state index is 0.322. The molecule has 0 aliphatic heterocycles. The molecule has 1 aliphatic carbocycles. The van der Waals surface area contributed by atoms with Crippen LogP contribution in [-0.2, 0) is 0 Å². The third-order valence-corrected chi connectivity index (χ3v) is 3.55. The van der Waals surface area contributed by atoms with Crippen LogP contribution in [0, 0.1) is 5.92 Å². The Morgan fingerprint density at radius 1 is 1.38 bits per heavy atom. The lowest BCUT2D eigenvalue weighted by Crippen LogP contribution is -2.29. The molecule has 2 N–H and O–H groups in total. The molecule has 0 saturated heterocycles. The smallest absolute Gasteiger partial charge is 0.115 e. The number of aromatic hydroxyl groups is 1. The number of hydrogen-bond acceptors (Lipinski definition) is 2. The molecule has 3 atom stereocenters. The molecule has 88 valence electrons. The maximum atomic E-state index is 9.44. The van der Waals surface area contributed by atoms with E-state index in [0.717, 1.165) is 5.92 Å². The first kappa shape index (κ1) is 11.5. The highest BCUT2D eigenvalue weighted by Crippen LogP contribution is 2.27. The Labute approximate surface area is 97.7 Å². The number of phenols is 1. The van der Waals surface area contributed by atoms with Gasteiger partial charge in [-0.25, -0.2) is 0 Å². The summed E-state index contributed by atoms with van der Waals surface area (Å²) in [6.45, 7) is 4.48. The van der Waals surface area contributed by atoms with Crippen molar-refractivity contribution in [3.05, 3.63) is 29.8 Å². The fourth-order valence-electron chi connectivity index (χ4n) is 2.60. The van der Waals surface area contributed by atoms with Crippen LogP contribution in [0.3, 0.4) is 0 Å². The van der Waals surface area contributed by atoms with Crippen LogP contribution in [0.4, 0.5) is 0 Å². The summed E-state index contributed by atoms with van der Waals surface area (Å²) in [7, 11) is 0. The third kappa shape index (κ3) is 2.76. The van der Waals surface area contributed by atoms with Crippen LogP contribution >= 0.6 is 0 Å². The Kier molecular flexibility index (Phi) is 3.49. The van der Waals surface area contributed by atoms with Crippen molar-refractivity contribution in [3.63, 3.8) is 0 Å². The van der Waals surface area contributed by atoms with E-state index in [1.165, 1.54) is 24.8 Å². The average molecular weight is 219 g/mol. The first-order chi connectivity index (χ1) is 7.65. The summed E-state index contributed by atoms with van der Waals surface area (Å²) in [5.41, 5.74) is 1.17. The highest BCUT2D eigenvalue weighted by molar-refractivity contribution is 5.29. The van der Waals surface area contributed by atoms with Gasteiger partial charge in [0.25, 0.3) is 0 Å². The van der Waals surface area contributed by atoms with Gasteiger partial charge in [0.1, 0.15) is 5.75 Å². The molecule has 0 amide bonds. The standard InChI is InChI=1S/C14H21NO/c1-10-6-7-13(8-10)15-11(2)12-4-3-5-14(16)9-12/h3-5,9-11,13,15-16H,6-8H2,1-2H3. The SMILES string of the molecule is CC1CCC(NC(C)c2cccc(O)c2)C1. The lowest BCUT2D eigenvalue weighted by atomic mass is 10.1. The van der Waals surface area contributed by atoms with Gasteiger partial charge in [-0.3, -0.25) is 0 Å². The summed E-state index contributed by atoms with van der Waals surface area (Å²) < 4.78 is 0. The summed E-state index contributed by atoms with van der Waals surface area (Å²) >= 11 is 0. The molecule has 1 aromatic carbocycles. The summed E-state index contributed by atoms with van der Waals surface area (Å²) in [6, 6.07) is 8.49. The second-order valence-electron chi connectivity index (χ2n) is 5.10. The van der Waals surface area contributed by atoms with Crippen LogP contribution in [0.25, 0.3) is 0 Å². The second-order valence-corrected chi connectivity index (χ2v) is 5.10. The average Bonchev–Trinajstić information content (AvgIpc) is 2.64. The van der Waals surface area contributed by atoms with Gasteiger partial charge in [-0.1, -0.05) is 19.1 Å². The summed E-state index contributed by atoms with van der Waals surface area (Å²) in [5, 5.41) is 13.1. The van der Waals surface area contributed by atoms with Gasteiger partial charge in [0.15, 0.2) is 0 Å². The van der Waals surface area contributed by atoms with E-state index in [0.29, 0.717) is 17.8 Å². The molecule has 1 aromatic rings. The van der Waals surface area contributed by atoms with Crippen LogP contribution in [0.1, 0.15) is 44.7 Å². The monoisotopic (exact) mass is 219 g/mol. The van der Waals surface area contributed by atoms with Gasteiger partial charge < -0.3 is 10.4 Å². The molecule has 2 rings (SSSR count). The normalized spacial score (nSPS) is 26.9. The predicted molar refractivity (Wildman–Crippen MR) is 66.5 cm³/mol. The molecular formula is C14H21NO. The zero-order chi connectivity index (χ0) is 11.5. The lowest BCUT2D eigenvalue weighted by molar-refractivity contribution is 0.443. The fraction of sp³-hybridized carbons (Fsp3) is 0.571. The molecule has 1 fully saturated rings. The zero-order valence-corrected chi connectivity index (χ0v) is 10.1. The van der Waals surface area contributed by atoms with E-state index in [1.807, 2.05) is 12.1 Å². The molecule has 2 nitrogen and oxygen atoms in total. The summed E-state index contributed by atoms with van der Waals surface area (Å²) in [4.78, 5) is 0. The van der Waals surface area contributed by atoms with Crippen LogP contribution in [0.15, 0.2) is 24.3 Å². The quantitative estimate of drug-likeness (QED) is 0.818. The zero-order valence-electron chi connectivity index (χ0n) is 10.1. The van der Waals surface area contributed by atoms with E-state index < -0.39 is 0 Å². The van der Waals surface area contributed by atoms with E-state index in [-0.39, 0.29) is 0 Å². The van der Waals surface area contributed by atoms with Crippen LogP contribution < -0.4 is 5.32 Å². The molecule has 0 heterocycles. The molecule has 0 radical (unpaired) electrons. The van der Waals surface area contributed by atoms with Crippen molar-refractivity contribution in [3.8, 4) is 5.75 Å². The van der Waals surface area contributed by atoms with Crippen molar-refractivity contribution >= 4 is 0 Å². The van der Waals surface area contributed by atoms with Crippen LogP contribution in [0.2, 0.25) is 0 Å². The Morgan fingerprint density at radius 3 is 2.81 bits per heavy atom. The molecule has 0 aromatic heterocycles. The third-order valence-electron chi connectivity index (χ3n) is 3.55. The molecule has 2 heteroatoms. The van der Waals surface area contributed by atoms with Gasteiger partial charge in [0, 0.05) is 12.1 Å². The first-order valence-electron chi connectivity index (χ1n) is 6.20. The minimum atomic E-state index is 0.322. The van der Waals surface area contributed by atoms with E-state index >= 15 is 0 Å². The molecule has 1 saturated carbocycles. The van der Waals surface area contributed by atoms with Gasteiger partial charge in [-0.05, 0) is 49.8 Å². The maximum absolute atomic E-state index is 9.44. The van der Waals surface area contributed by atoms with E-state index in [2.05, 4.69) is 25.2 Å². The molecule has 0 bridgehead atoms. The topological polar surface area (TPSA) is 32.3 Å². The van der Waals surface area contributed by atoms with E-state index in [1.54, 1.807) is 6.07 Å². The summed E-state index contributed by atoms with van der Waals surface area (Å²) in [5.74, 6) is 1.21. The Bertz CT molecular complexity index is 350. The molecular weight excluding hydrogens is 198 g/mol. The van der Waals surface area contributed by atoms with Gasteiger partial charge in [-0.2, -0.15) is 0 Å². The Morgan fingerprint density at radius 2 is 2.19 bits per heavy atom. The van der Waals surface area contributed by atoms with E-state index in [4.69, 9.17) is 0 Å². The number of benzene rings is 1. The van der Waals surface area contributed by atoms with Crippen LogP contribution in [-0.4, -0.2) is 11.1 Å². The number of rotatable bonds is 3. The maximum Gasteiger partial charge on any atom is 0.115 e. The number of hydrogen-bond donors (Lipinski definition) is 2. The Balaban J connectivity index is 1.95. The molecule has 1 aliphatic rings. The van der Waals surface area contributed by atoms with Crippen molar-refractivity contribution in [2.75, 3.05) is 0 Å². The number of phenolic OH excluding ortho intramolecular Hbond substituents is 1. The highest BCUT2D eigenvalue weighted by atomic mass is 16.3. The molecule has 0 spiro atoms. The van der Waals surface area contributed by atoms with Gasteiger partial charge in [0.2, 0.25) is 0 Å². The van der Waals surface area contributed by atoms with E-state index in [9.17, 15) is 5.11 Å². The van der Waals surface area contributed by atoms with Crippen molar-refractivity contribution in [2.45, 2.75) is 45.2 Å².